The Morgan fingerprint density at radius 3 is 2.72 bits per heavy atom. The van der Waals surface area contributed by atoms with E-state index in [1.165, 1.54) is 5.56 Å². The van der Waals surface area contributed by atoms with Gasteiger partial charge in [-0.3, -0.25) is 4.79 Å². The van der Waals surface area contributed by atoms with Crippen LogP contribution in [-0.4, -0.2) is 14.6 Å². The number of hydrogen-bond donors (Lipinski definition) is 1. The Bertz CT molecular complexity index is 738. The first-order valence-corrected chi connectivity index (χ1v) is 5.94. The molecule has 0 radical (unpaired) electrons. The van der Waals surface area contributed by atoms with Gasteiger partial charge in [-0.05, 0) is 18.1 Å². The first-order chi connectivity index (χ1) is 8.78. The lowest BCUT2D eigenvalue weighted by Crippen LogP contribution is -2.07. The Balaban J connectivity index is 2.13. The normalized spacial score (nSPS) is 10.9. The van der Waals surface area contributed by atoms with E-state index in [4.69, 9.17) is 0 Å². The highest BCUT2D eigenvalue weighted by Crippen LogP contribution is 2.19. The third-order valence-electron chi connectivity index (χ3n) is 3.06. The molecule has 0 aliphatic carbocycles. The first kappa shape index (κ1) is 10.8. The summed E-state index contributed by atoms with van der Waals surface area (Å²) in [4.78, 5) is 14.2. The molecule has 18 heavy (non-hydrogen) atoms. The fraction of sp³-hybridized carbons (Fsp3) is 0.143. The Morgan fingerprint density at radius 1 is 1.28 bits per heavy atom. The predicted molar refractivity (Wildman–Crippen MR) is 70.6 cm³/mol. The van der Waals surface area contributed by atoms with Crippen molar-refractivity contribution in [2.24, 2.45) is 0 Å². The number of aromatic amines is 1. The maximum Gasteiger partial charge on any atom is 0.273 e. The van der Waals surface area contributed by atoms with Gasteiger partial charge in [-0.15, -0.1) is 0 Å². The molecule has 0 bridgehead atoms. The number of fused-ring (bicyclic) bond motifs is 1. The van der Waals surface area contributed by atoms with Crippen LogP contribution in [0.25, 0.3) is 16.8 Å². The second-order valence-corrected chi connectivity index (χ2v) is 4.20. The summed E-state index contributed by atoms with van der Waals surface area (Å²) >= 11 is 0. The van der Waals surface area contributed by atoms with E-state index in [2.05, 4.69) is 29.1 Å². The third kappa shape index (κ3) is 1.72. The molecule has 4 nitrogen and oxygen atoms in total. The minimum absolute atomic E-state index is 0.124. The Labute approximate surface area is 104 Å². The lowest BCUT2D eigenvalue weighted by molar-refractivity contribution is 0.939. The molecule has 0 atom stereocenters. The molecule has 2 heterocycles. The quantitative estimate of drug-likeness (QED) is 0.745. The first-order valence-electron chi connectivity index (χ1n) is 5.94. The number of H-pyrrole nitrogens is 1. The van der Waals surface area contributed by atoms with Gasteiger partial charge in [-0.25, -0.2) is 4.52 Å². The SMILES string of the molecule is CCc1ccc(-c2cc3c(=O)[nH]ccn3n2)cc1. The number of rotatable bonds is 2. The van der Waals surface area contributed by atoms with E-state index < -0.39 is 0 Å². The zero-order chi connectivity index (χ0) is 12.5. The highest BCUT2D eigenvalue weighted by atomic mass is 16.1. The molecule has 0 saturated carbocycles. The van der Waals surface area contributed by atoms with E-state index in [0.717, 1.165) is 17.7 Å². The second kappa shape index (κ2) is 4.14. The fourth-order valence-corrected chi connectivity index (χ4v) is 1.99. The number of nitrogens with one attached hydrogen (secondary N) is 1. The third-order valence-corrected chi connectivity index (χ3v) is 3.06. The van der Waals surface area contributed by atoms with E-state index in [0.29, 0.717) is 5.52 Å². The van der Waals surface area contributed by atoms with Crippen LogP contribution in [-0.2, 0) is 6.42 Å². The summed E-state index contributed by atoms with van der Waals surface area (Å²) in [5.74, 6) is 0. The monoisotopic (exact) mass is 239 g/mol. The molecule has 0 aliphatic rings. The number of benzene rings is 1. The van der Waals surface area contributed by atoms with Crippen molar-refractivity contribution in [2.75, 3.05) is 0 Å². The summed E-state index contributed by atoms with van der Waals surface area (Å²) in [5.41, 5.74) is 3.57. The van der Waals surface area contributed by atoms with Gasteiger partial charge < -0.3 is 4.98 Å². The summed E-state index contributed by atoms with van der Waals surface area (Å²) in [6, 6.07) is 10.1. The smallest absolute Gasteiger partial charge is 0.273 e. The van der Waals surface area contributed by atoms with Gasteiger partial charge in [0.2, 0.25) is 0 Å². The average Bonchev–Trinajstić information content (AvgIpc) is 2.84. The number of nitrogens with zero attached hydrogens (tertiary/aromatic N) is 2. The Morgan fingerprint density at radius 2 is 2.06 bits per heavy atom. The fourth-order valence-electron chi connectivity index (χ4n) is 1.99. The van der Waals surface area contributed by atoms with Crippen LogP contribution in [0, 0.1) is 0 Å². The van der Waals surface area contributed by atoms with Gasteiger partial charge in [0.05, 0.1) is 5.69 Å². The highest BCUT2D eigenvalue weighted by Gasteiger charge is 2.06. The summed E-state index contributed by atoms with van der Waals surface area (Å²) < 4.78 is 1.60. The van der Waals surface area contributed by atoms with Crippen molar-refractivity contribution in [1.29, 1.82) is 0 Å². The van der Waals surface area contributed by atoms with Crippen LogP contribution in [0.4, 0.5) is 0 Å². The van der Waals surface area contributed by atoms with E-state index in [-0.39, 0.29) is 5.56 Å². The Hall–Kier alpha value is -2.36. The molecule has 3 rings (SSSR count). The van der Waals surface area contributed by atoms with Crippen molar-refractivity contribution >= 4 is 5.52 Å². The van der Waals surface area contributed by atoms with Crippen LogP contribution in [0.2, 0.25) is 0 Å². The molecule has 4 heteroatoms. The summed E-state index contributed by atoms with van der Waals surface area (Å²) in [6.45, 7) is 2.12. The largest absolute Gasteiger partial charge is 0.326 e. The molecule has 2 aromatic heterocycles. The van der Waals surface area contributed by atoms with Crippen LogP contribution in [0.1, 0.15) is 12.5 Å². The van der Waals surface area contributed by atoms with E-state index in [1.807, 2.05) is 12.1 Å². The zero-order valence-electron chi connectivity index (χ0n) is 10.1. The van der Waals surface area contributed by atoms with E-state index >= 15 is 0 Å². The Kier molecular flexibility index (Phi) is 2.48. The van der Waals surface area contributed by atoms with Crippen LogP contribution in [0.3, 0.4) is 0 Å². The lowest BCUT2D eigenvalue weighted by Gasteiger charge is -1.98. The van der Waals surface area contributed by atoms with Crippen LogP contribution in [0.15, 0.2) is 47.5 Å². The van der Waals surface area contributed by atoms with Gasteiger partial charge in [0.1, 0.15) is 5.52 Å². The molecular formula is C14H13N3O. The molecular weight excluding hydrogens is 226 g/mol. The van der Waals surface area contributed by atoms with E-state index in [1.54, 1.807) is 23.0 Å². The van der Waals surface area contributed by atoms with Gasteiger partial charge in [0.15, 0.2) is 0 Å². The van der Waals surface area contributed by atoms with Gasteiger partial charge in [-0.1, -0.05) is 31.2 Å². The van der Waals surface area contributed by atoms with Gasteiger partial charge in [0.25, 0.3) is 5.56 Å². The number of aryl methyl sites for hydroxylation is 1. The average molecular weight is 239 g/mol. The molecule has 0 unspecified atom stereocenters. The van der Waals surface area contributed by atoms with Gasteiger partial charge in [-0.2, -0.15) is 5.10 Å². The maximum absolute atomic E-state index is 11.6. The molecule has 0 spiro atoms. The molecule has 0 fully saturated rings. The van der Waals surface area contributed by atoms with Crippen molar-refractivity contribution in [3.8, 4) is 11.3 Å². The van der Waals surface area contributed by atoms with Crippen molar-refractivity contribution in [3.63, 3.8) is 0 Å². The highest BCUT2D eigenvalue weighted by molar-refractivity contribution is 5.65. The molecule has 0 aliphatic heterocycles. The molecule has 0 saturated heterocycles. The van der Waals surface area contributed by atoms with Crippen molar-refractivity contribution in [2.45, 2.75) is 13.3 Å². The summed E-state index contributed by atoms with van der Waals surface area (Å²) in [6.07, 6.45) is 4.35. The standard InChI is InChI=1S/C14H13N3O/c1-2-10-3-5-11(6-4-10)12-9-13-14(18)15-7-8-17(13)16-12/h3-9H,2H2,1H3,(H,15,18). The predicted octanol–water partition coefficient (Wildman–Crippen LogP) is 2.25. The maximum atomic E-state index is 11.6. The number of aromatic nitrogens is 3. The lowest BCUT2D eigenvalue weighted by atomic mass is 10.1. The molecule has 90 valence electrons. The molecule has 0 amide bonds. The molecule has 1 N–H and O–H groups in total. The van der Waals surface area contributed by atoms with Crippen LogP contribution < -0.4 is 5.56 Å². The summed E-state index contributed by atoms with van der Waals surface area (Å²) in [7, 11) is 0. The van der Waals surface area contributed by atoms with Gasteiger partial charge >= 0.3 is 0 Å². The minimum atomic E-state index is -0.124. The minimum Gasteiger partial charge on any atom is -0.326 e. The zero-order valence-corrected chi connectivity index (χ0v) is 10.1. The van der Waals surface area contributed by atoms with Crippen molar-refractivity contribution < 1.29 is 0 Å². The summed E-state index contributed by atoms with van der Waals surface area (Å²) in [5, 5.41) is 4.40. The molecule has 1 aromatic carbocycles. The second-order valence-electron chi connectivity index (χ2n) is 4.20. The van der Waals surface area contributed by atoms with E-state index in [9.17, 15) is 4.79 Å². The van der Waals surface area contributed by atoms with Gasteiger partial charge in [0, 0.05) is 18.0 Å². The van der Waals surface area contributed by atoms with Crippen molar-refractivity contribution in [3.05, 3.63) is 58.6 Å². The van der Waals surface area contributed by atoms with Crippen molar-refractivity contribution in [1.82, 2.24) is 14.6 Å². The number of hydrogen-bond acceptors (Lipinski definition) is 2. The van der Waals surface area contributed by atoms with Crippen LogP contribution >= 0.6 is 0 Å². The topological polar surface area (TPSA) is 50.2 Å². The molecule has 3 aromatic rings. The van der Waals surface area contributed by atoms with Crippen LogP contribution in [0.5, 0.6) is 0 Å².